The topological polar surface area (TPSA) is 81.7 Å². The molecule has 3 N–H and O–H groups in total. The molecule has 0 aromatic heterocycles. The van der Waals surface area contributed by atoms with E-state index in [-0.39, 0.29) is 24.7 Å². The van der Waals surface area contributed by atoms with E-state index in [2.05, 4.69) is 24.5 Å². The zero-order valence-electron chi connectivity index (χ0n) is 15.3. The Hall–Kier alpha value is -2.08. The maximum Gasteiger partial charge on any atom is 0.319 e. The van der Waals surface area contributed by atoms with Crippen molar-refractivity contribution >= 4 is 17.7 Å². The number of hydrogen-bond acceptors (Lipinski definition) is 3. The van der Waals surface area contributed by atoms with Crippen molar-refractivity contribution in [3.63, 3.8) is 0 Å². The van der Waals surface area contributed by atoms with Crippen LogP contribution < -0.4 is 10.6 Å². The van der Waals surface area contributed by atoms with Gasteiger partial charge in [0.1, 0.15) is 0 Å². The first kappa shape index (κ1) is 19.2. The molecule has 1 saturated carbocycles. The van der Waals surface area contributed by atoms with Gasteiger partial charge in [-0.3, -0.25) is 9.69 Å². The van der Waals surface area contributed by atoms with Crippen molar-refractivity contribution in [2.24, 2.45) is 0 Å². The summed E-state index contributed by atoms with van der Waals surface area (Å²) in [4.78, 5) is 25.2. The second-order valence-electron chi connectivity index (χ2n) is 6.54. The van der Waals surface area contributed by atoms with Crippen molar-refractivity contribution in [1.29, 1.82) is 0 Å². The zero-order valence-corrected chi connectivity index (χ0v) is 15.3. The highest BCUT2D eigenvalue weighted by Crippen LogP contribution is 2.26. The van der Waals surface area contributed by atoms with Crippen LogP contribution in [0.25, 0.3) is 0 Å². The highest BCUT2D eigenvalue weighted by atomic mass is 16.4. The number of nitrogens with zero attached hydrogens (tertiary/aromatic N) is 1. The van der Waals surface area contributed by atoms with Crippen LogP contribution in [0.5, 0.6) is 0 Å². The van der Waals surface area contributed by atoms with E-state index in [4.69, 9.17) is 5.11 Å². The summed E-state index contributed by atoms with van der Waals surface area (Å²) in [5.74, 6) is -0.806. The van der Waals surface area contributed by atoms with Crippen molar-refractivity contribution in [3.05, 3.63) is 29.3 Å². The fourth-order valence-corrected chi connectivity index (χ4v) is 3.41. The van der Waals surface area contributed by atoms with Gasteiger partial charge in [-0.05, 0) is 43.4 Å². The lowest BCUT2D eigenvalue weighted by atomic mass is 9.85. The highest BCUT2D eigenvalue weighted by Gasteiger charge is 2.34. The summed E-state index contributed by atoms with van der Waals surface area (Å²) in [5, 5.41) is 15.0. The van der Waals surface area contributed by atoms with Gasteiger partial charge < -0.3 is 15.7 Å². The van der Waals surface area contributed by atoms with Crippen molar-refractivity contribution in [2.75, 3.05) is 18.4 Å². The van der Waals surface area contributed by atoms with Gasteiger partial charge in [0.25, 0.3) is 0 Å². The number of urea groups is 1. The number of carbonyl (C=O) groups is 2. The van der Waals surface area contributed by atoms with Crippen LogP contribution in [-0.2, 0) is 17.6 Å². The van der Waals surface area contributed by atoms with E-state index in [1.165, 1.54) is 0 Å². The first-order valence-corrected chi connectivity index (χ1v) is 9.12. The van der Waals surface area contributed by atoms with Crippen molar-refractivity contribution in [3.8, 4) is 0 Å². The minimum Gasteiger partial charge on any atom is -0.480 e. The van der Waals surface area contributed by atoms with Gasteiger partial charge in [0.15, 0.2) is 0 Å². The number of para-hydroxylation sites is 1. The lowest BCUT2D eigenvalue weighted by Crippen LogP contribution is -2.55. The molecule has 0 atom stereocenters. The van der Waals surface area contributed by atoms with E-state index in [1.807, 2.05) is 30.0 Å². The molecule has 25 heavy (non-hydrogen) atoms. The summed E-state index contributed by atoms with van der Waals surface area (Å²) in [6.45, 7) is 6.89. The maximum absolute atomic E-state index is 12.3. The third kappa shape index (κ3) is 4.95. The van der Waals surface area contributed by atoms with Gasteiger partial charge in [0, 0.05) is 17.8 Å². The number of anilines is 1. The van der Waals surface area contributed by atoms with Gasteiger partial charge in [0.05, 0.1) is 6.54 Å². The molecule has 0 spiro atoms. The van der Waals surface area contributed by atoms with Gasteiger partial charge in [-0.1, -0.05) is 39.0 Å². The molecule has 1 aliphatic carbocycles. The van der Waals surface area contributed by atoms with E-state index in [9.17, 15) is 9.59 Å². The lowest BCUT2D eigenvalue weighted by Gasteiger charge is -2.42. The average Bonchev–Trinajstić information content (AvgIpc) is 2.55. The molecule has 2 rings (SSSR count). The Morgan fingerprint density at radius 1 is 1.16 bits per heavy atom. The molecule has 0 bridgehead atoms. The lowest BCUT2D eigenvalue weighted by molar-refractivity contribution is -0.139. The van der Waals surface area contributed by atoms with E-state index >= 15 is 0 Å². The van der Waals surface area contributed by atoms with Crippen LogP contribution in [0.1, 0.15) is 44.7 Å². The predicted molar refractivity (Wildman–Crippen MR) is 99.0 cm³/mol. The number of aryl methyl sites for hydroxylation is 2. The second kappa shape index (κ2) is 8.85. The monoisotopic (exact) mass is 347 g/mol. The number of benzene rings is 1. The summed E-state index contributed by atoms with van der Waals surface area (Å²) < 4.78 is 0. The molecule has 6 nitrogen and oxygen atoms in total. The zero-order chi connectivity index (χ0) is 18.4. The highest BCUT2D eigenvalue weighted by molar-refractivity contribution is 5.91. The number of carbonyl (C=O) groups excluding carboxylic acids is 1. The molecule has 0 unspecified atom stereocenters. The van der Waals surface area contributed by atoms with Crippen LogP contribution >= 0.6 is 0 Å². The third-order valence-corrected chi connectivity index (χ3v) is 4.95. The molecule has 2 amide bonds. The van der Waals surface area contributed by atoms with Gasteiger partial charge in [0.2, 0.25) is 0 Å². The third-order valence-electron chi connectivity index (χ3n) is 4.95. The summed E-state index contributed by atoms with van der Waals surface area (Å²) in [7, 11) is 0. The molecule has 0 radical (unpaired) electrons. The number of aliphatic carboxylic acids is 1. The number of amides is 2. The molecule has 1 aliphatic rings. The maximum atomic E-state index is 12.3. The second-order valence-corrected chi connectivity index (χ2v) is 6.54. The van der Waals surface area contributed by atoms with Crippen molar-refractivity contribution in [2.45, 2.75) is 58.5 Å². The number of likely N-dealkylation sites (N-methyl/N-ethyl adjacent to an activating group) is 1. The molecule has 1 aromatic rings. The average molecular weight is 347 g/mol. The predicted octanol–water partition coefficient (Wildman–Crippen LogP) is 2.87. The Kier molecular flexibility index (Phi) is 6.82. The summed E-state index contributed by atoms with van der Waals surface area (Å²) in [6.07, 6.45) is 3.33. The Morgan fingerprint density at radius 2 is 1.76 bits per heavy atom. The fourth-order valence-electron chi connectivity index (χ4n) is 3.41. The van der Waals surface area contributed by atoms with Gasteiger partial charge in [-0.25, -0.2) is 4.79 Å². The molecule has 0 aliphatic heterocycles. The minimum absolute atomic E-state index is 0.0593. The van der Waals surface area contributed by atoms with E-state index < -0.39 is 5.97 Å². The summed E-state index contributed by atoms with van der Waals surface area (Å²) in [6, 6.07) is 6.27. The minimum atomic E-state index is -0.806. The van der Waals surface area contributed by atoms with Crippen molar-refractivity contribution < 1.29 is 14.7 Å². The summed E-state index contributed by atoms with van der Waals surface area (Å²) in [5.41, 5.74) is 3.20. The van der Waals surface area contributed by atoms with Crippen LogP contribution in [0.3, 0.4) is 0 Å². The quantitative estimate of drug-likeness (QED) is 0.675. The molecule has 1 fully saturated rings. The Labute approximate surface area is 149 Å². The SMILES string of the molecule is CCc1cccc(CC)c1NC(=O)NC1CC(N(CC)CC(=O)O)C1. The number of hydrogen-bond donors (Lipinski definition) is 3. The number of rotatable bonds is 8. The van der Waals surface area contributed by atoms with E-state index in [1.54, 1.807) is 0 Å². The summed E-state index contributed by atoms with van der Waals surface area (Å²) >= 11 is 0. The first-order chi connectivity index (χ1) is 12.0. The van der Waals surface area contributed by atoms with Crippen LogP contribution in [0.2, 0.25) is 0 Å². The standard InChI is InChI=1S/C19H29N3O3/c1-4-13-8-7-9-14(5-2)18(13)21-19(25)20-15-10-16(11-15)22(6-3)12-17(23)24/h7-9,15-16H,4-6,10-12H2,1-3H3,(H,23,24)(H2,20,21,25). The largest absolute Gasteiger partial charge is 0.480 e. The molecule has 6 heteroatoms. The molecular formula is C19H29N3O3. The number of nitrogens with one attached hydrogen (secondary N) is 2. The Morgan fingerprint density at radius 3 is 2.24 bits per heavy atom. The van der Waals surface area contributed by atoms with Crippen LogP contribution in [-0.4, -0.2) is 47.2 Å². The smallest absolute Gasteiger partial charge is 0.319 e. The molecule has 0 saturated heterocycles. The van der Waals surface area contributed by atoms with Gasteiger partial charge >= 0.3 is 12.0 Å². The van der Waals surface area contributed by atoms with Gasteiger partial charge in [-0.2, -0.15) is 0 Å². The molecule has 1 aromatic carbocycles. The van der Waals surface area contributed by atoms with E-state index in [0.29, 0.717) is 6.54 Å². The number of carboxylic acids is 1. The Balaban J connectivity index is 1.88. The van der Waals surface area contributed by atoms with E-state index in [0.717, 1.165) is 42.5 Å². The van der Waals surface area contributed by atoms with Crippen LogP contribution in [0.4, 0.5) is 10.5 Å². The first-order valence-electron chi connectivity index (χ1n) is 9.12. The van der Waals surface area contributed by atoms with Crippen molar-refractivity contribution in [1.82, 2.24) is 10.2 Å². The Bertz CT molecular complexity index is 590. The molecule has 138 valence electrons. The van der Waals surface area contributed by atoms with Gasteiger partial charge in [-0.15, -0.1) is 0 Å². The fraction of sp³-hybridized carbons (Fsp3) is 0.579. The number of carboxylic acid groups (broad SMARTS) is 1. The molecular weight excluding hydrogens is 318 g/mol. The van der Waals surface area contributed by atoms with Crippen LogP contribution in [0.15, 0.2) is 18.2 Å². The van der Waals surface area contributed by atoms with Crippen LogP contribution in [0, 0.1) is 0 Å². The molecule has 0 heterocycles. The normalized spacial score (nSPS) is 19.4.